The number of hydrogen-bond acceptors (Lipinski definition) is 3. The number of carboxylic acid groups (broad SMARTS) is 1. The zero-order valence-electron chi connectivity index (χ0n) is 11.8. The number of anilines is 1. The van der Waals surface area contributed by atoms with Crippen LogP contribution in [0.4, 0.5) is 5.69 Å². The maximum Gasteiger partial charge on any atom is 0.304 e. The molecule has 2 atom stereocenters. The number of aryl methyl sites for hydroxylation is 2. The molecule has 1 aliphatic heterocycles. The summed E-state index contributed by atoms with van der Waals surface area (Å²) in [4.78, 5) is 13.2. The molecule has 1 saturated heterocycles. The van der Waals surface area contributed by atoms with Crippen LogP contribution in [0.5, 0.6) is 0 Å². The Morgan fingerprint density at radius 2 is 2.05 bits per heavy atom. The van der Waals surface area contributed by atoms with Gasteiger partial charge in [-0.3, -0.25) is 4.79 Å². The van der Waals surface area contributed by atoms with Crippen molar-refractivity contribution >= 4 is 11.7 Å². The number of rotatable bonds is 3. The van der Waals surface area contributed by atoms with Crippen molar-refractivity contribution in [2.45, 2.75) is 39.3 Å². The molecule has 0 spiro atoms. The van der Waals surface area contributed by atoms with Gasteiger partial charge in [-0.15, -0.1) is 0 Å². The summed E-state index contributed by atoms with van der Waals surface area (Å²) in [5.41, 5.74) is 3.76. The van der Waals surface area contributed by atoms with E-state index in [0.29, 0.717) is 6.04 Å². The largest absolute Gasteiger partial charge is 0.481 e. The highest BCUT2D eigenvalue weighted by Crippen LogP contribution is 2.28. The second kappa shape index (κ2) is 5.61. The third-order valence-corrected chi connectivity index (χ3v) is 3.80. The number of nitrogens with zero attached hydrogens (tertiary/aromatic N) is 1. The molecule has 4 heteroatoms. The molecule has 0 radical (unpaired) electrons. The molecule has 1 aromatic carbocycles. The summed E-state index contributed by atoms with van der Waals surface area (Å²) >= 11 is 0. The molecule has 1 fully saturated rings. The van der Waals surface area contributed by atoms with E-state index in [9.17, 15) is 4.79 Å². The molecule has 0 amide bonds. The number of carbonyl (C=O) groups is 1. The lowest BCUT2D eigenvalue weighted by Gasteiger charge is -2.41. The van der Waals surface area contributed by atoms with Crippen LogP contribution in [0.3, 0.4) is 0 Å². The van der Waals surface area contributed by atoms with Crippen LogP contribution < -0.4 is 10.2 Å². The van der Waals surface area contributed by atoms with Crippen LogP contribution >= 0.6 is 0 Å². The molecule has 104 valence electrons. The van der Waals surface area contributed by atoms with E-state index in [1.165, 1.54) is 16.8 Å². The molecule has 1 heterocycles. The van der Waals surface area contributed by atoms with E-state index in [-0.39, 0.29) is 12.5 Å². The number of piperazine rings is 1. The maximum atomic E-state index is 10.9. The molecule has 2 unspecified atom stereocenters. The quantitative estimate of drug-likeness (QED) is 0.874. The number of aliphatic carboxylic acids is 1. The Hall–Kier alpha value is -1.55. The van der Waals surface area contributed by atoms with Gasteiger partial charge in [-0.25, -0.2) is 0 Å². The summed E-state index contributed by atoms with van der Waals surface area (Å²) in [5, 5.41) is 12.3. The van der Waals surface area contributed by atoms with Crippen LogP contribution in [0.15, 0.2) is 18.2 Å². The van der Waals surface area contributed by atoms with Crippen LogP contribution in [-0.2, 0) is 4.79 Å². The number of benzene rings is 1. The monoisotopic (exact) mass is 262 g/mol. The molecule has 1 aliphatic rings. The van der Waals surface area contributed by atoms with Gasteiger partial charge in [0.2, 0.25) is 0 Å². The fourth-order valence-electron chi connectivity index (χ4n) is 2.85. The van der Waals surface area contributed by atoms with E-state index in [1.807, 2.05) is 0 Å². The van der Waals surface area contributed by atoms with Crippen molar-refractivity contribution in [1.82, 2.24) is 5.32 Å². The minimum Gasteiger partial charge on any atom is -0.481 e. The van der Waals surface area contributed by atoms with Crippen molar-refractivity contribution in [2.75, 3.05) is 18.0 Å². The summed E-state index contributed by atoms with van der Waals surface area (Å²) in [7, 11) is 0. The van der Waals surface area contributed by atoms with Gasteiger partial charge in [-0.1, -0.05) is 18.2 Å². The molecule has 0 saturated carbocycles. The molecule has 2 N–H and O–H groups in total. The van der Waals surface area contributed by atoms with Gasteiger partial charge in [-0.2, -0.15) is 0 Å². The third-order valence-electron chi connectivity index (χ3n) is 3.80. The highest BCUT2D eigenvalue weighted by molar-refractivity contribution is 5.68. The normalized spacial score (nSPS) is 23.4. The van der Waals surface area contributed by atoms with E-state index in [0.717, 1.165) is 13.1 Å². The van der Waals surface area contributed by atoms with Gasteiger partial charge in [0.1, 0.15) is 0 Å². The number of para-hydroxylation sites is 1. The fourth-order valence-corrected chi connectivity index (χ4v) is 2.85. The summed E-state index contributed by atoms with van der Waals surface area (Å²) in [5.74, 6) is -0.742. The van der Waals surface area contributed by atoms with Crippen molar-refractivity contribution in [3.63, 3.8) is 0 Å². The molecule has 1 aromatic rings. The second-order valence-electron chi connectivity index (χ2n) is 5.44. The van der Waals surface area contributed by atoms with Crippen LogP contribution in [0.1, 0.15) is 24.5 Å². The number of hydrogen-bond donors (Lipinski definition) is 2. The Kier molecular flexibility index (Phi) is 4.10. The summed E-state index contributed by atoms with van der Waals surface area (Å²) < 4.78 is 0. The van der Waals surface area contributed by atoms with Gasteiger partial charge in [0.15, 0.2) is 0 Å². The Labute approximate surface area is 114 Å². The molecule has 0 aromatic heterocycles. The smallest absolute Gasteiger partial charge is 0.304 e. The highest BCUT2D eigenvalue weighted by Gasteiger charge is 2.27. The lowest BCUT2D eigenvalue weighted by molar-refractivity contribution is -0.137. The Morgan fingerprint density at radius 1 is 1.42 bits per heavy atom. The van der Waals surface area contributed by atoms with E-state index < -0.39 is 5.97 Å². The van der Waals surface area contributed by atoms with E-state index >= 15 is 0 Å². The predicted octanol–water partition coefficient (Wildman–Crippen LogP) is 1.94. The Bertz CT molecular complexity index is 453. The molecule has 0 aliphatic carbocycles. The molecule has 19 heavy (non-hydrogen) atoms. The topological polar surface area (TPSA) is 52.6 Å². The Morgan fingerprint density at radius 3 is 2.63 bits per heavy atom. The minimum absolute atomic E-state index is 0.0210. The average Bonchev–Trinajstić information content (AvgIpc) is 2.32. The molecular formula is C15H22N2O2. The first-order valence-electron chi connectivity index (χ1n) is 6.77. The summed E-state index contributed by atoms with van der Waals surface area (Å²) in [6, 6.07) is 6.69. The van der Waals surface area contributed by atoms with Gasteiger partial charge in [0, 0.05) is 30.9 Å². The first-order chi connectivity index (χ1) is 8.99. The van der Waals surface area contributed by atoms with Gasteiger partial charge in [0.05, 0.1) is 6.42 Å². The van der Waals surface area contributed by atoms with Crippen molar-refractivity contribution in [3.05, 3.63) is 29.3 Å². The minimum atomic E-state index is -0.742. The van der Waals surface area contributed by atoms with Crippen LogP contribution in [0.25, 0.3) is 0 Å². The fraction of sp³-hybridized carbons (Fsp3) is 0.533. The maximum absolute atomic E-state index is 10.9. The third kappa shape index (κ3) is 3.07. The summed E-state index contributed by atoms with van der Waals surface area (Å²) in [6.07, 6.45) is 0.175. The van der Waals surface area contributed by atoms with Crippen LogP contribution in [0, 0.1) is 13.8 Å². The van der Waals surface area contributed by atoms with Crippen molar-refractivity contribution in [2.24, 2.45) is 0 Å². The van der Waals surface area contributed by atoms with Crippen LogP contribution in [-0.4, -0.2) is 36.2 Å². The zero-order chi connectivity index (χ0) is 14.0. The zero-order valence-corrected chi connectivity index (χ0v) is 11.8. The van der Waals surface area contributed by atoms with E-state index in [1.54, 1.807) is 0 Å². The lowest BCUT2D eigenvalue weighted by atomic mass is 10.0. The van der Waals surface area contributed by atoms with Gasteiger partial charge in [-0.05, 0) is 31.9 Å². The Balaban J connectivity index is 2.23. The van der Waals surface area contributed by atoms with Crippen molar-refractivity contribution in [1.29, 1.82) is 0 Å². The van der Waals surface area contributed by atoms with E-state index in [2.05, 4.69) is 49.2 Å². The molecule has 2 rings (SSSR count). The SMILES string of the molecule is Cc1cccc(C)c1N1CC(CC(=O)O)NCC1C. The summed E-state index contributed by atoms with van der Waals surface area (Å²) in [6.45, 7) is 7.98. The lowest BCUT2D eigenvalue weighted by Crippen LogP contribution is -2.56. The van der Waals surface area contributed by atoms with Gasteiger partial charge in [0.25, 0.3) is 0 Å². The van der Waals surface area contributed by atoms with Crippen molar-refractivity contribution in [3.8, 4) is 0 Å². The first kappa shape index (κ1) is 13.9. The molecular weight excluding hydrogens is 240 g/mol. The van der Waals surface area contributed by atoms with Gasteiger partial charge < -0.3 is 15.3 Å². The molecule has 0 bridgehead atoms. The molecule has 4 nitrogen and oxygen atoms in total. The highest BCUT2D eigenvalue weighted by atomic mass is 16.4. The number of carboxylic acids is 1. The standard InChI is InChI=1S/C15H22N2O2/c1-10-5-4-6-11(2)15(10)17-9-13(7-14(18)19)16-8-12(17)3/h4-6,12-13,16H,7-9H2,1-3H3,(H,18,19). The van der Waals surface area contributed by atoms with Crippen LogP contribution in [0.2, 0.25) is 0 Å². The second-order valence-corrected chi connectivity index (χ2v) is 5.44. The van der Waals surface area contributed by atoms with Gasteiger partial charge >= 0.3 is 5.97 Å². The van der Waals surface area contributed by atoms with E-state index in [4.69, 9.17) is 5.11 Å². The number of nitrogens with one attached hydrogen (secondary N) is 1. The first-order valence-corrected chi connectivity index (χ1v) is 6.77. The van der Waals surface area contributed by atoms with Crippen molar-refractivity contribution < 1.29 is 9.90 Å². The predicted molar refractivity (Wildman–Crippen MR) is 76.8 cm³/mol. The average molecular weight is 262 g/mol.